The molecule has 0 aromatic heterocycles. The van der Waals surface area contributed by atoms with Crippen molar-refractivity contribution in [1.29, 1.82) is 0 Å². The van der Waals surface area contributed by atoms with Crippen molar-refractivity contribution in [3.8, 4) is 0 Å². The van der Waals surface area contributed by atoms with Crippen LogP contribution < -0.4 is 4.90 Å². The summed E-state index contributed by atoms with van der Waals surface area (Å²) in [7, 11) is 0. The molecule has 1 aliphatic carbocycles. The number of benzene rings is 1. The molecule has 0 N–H and O–H groups in total. The van der Waals surface area contributed by atoms with Crippen molar-refractivity contribution in [2.75, 3.05) is 4.90 Å². The van der Waals surface area contributed by atoms with Gasteiger partial charge in [0, 0.05) is 5.02 Å². The number of rotatable bonds is 1. The van der Waals surface area contributed by atoms with E-state index in [1.54, 1.807) is 18.2 Å². The van der Waals surface area contributed by atoms with Crippen LogP contribution in [0.3, 0.4) is 0 Å². The third-order valence-corrected chi connectivity index (χ3v) is 5.23. The zero-order valence-electron chi connectivity index (χ0n) is 12.4. The predicted octanol–water partition coefficient (Wildman–Crippen LogP) is 3.88. The van der Waals surface area contributed by atoms with Crippen molar-refractivity contribution in [3.05, 3.63) is 39.9 Å². The van der Waals surface area contributed by atoms with E-state index in [9.17, 15) is 9.59 Å². The molecule has 110 valence electrons. The molecule has 0 saturated carbocycles. The minimum absolute atomic E-state index is 0.0813. The van der Waals surface area contributed by atoms with Gasteiger partial charge in [0.05, 0.1) is 17.5 Å². The van der Waals surface area contributed by atoms with Crippen LogP contribution >= 0.6 is 11.6 Å². The number of hydrogen-bond donors (Lipinski definition) is 0. The molecule has 0 bridgehead atoms. The smallest absolute Gasteiger partial charge is 0.238 e. The molecular formula is C17H18ClNO2. The SMILES string of the molecule is CC1=C(C)C[C@H]2C(=O)N(c3cccc(Cl)c3C)C(=O)[C@H]2C1. The Balaban J connectivity index is 2.02. The summed E-state index contributed by atoms with van der Waals surface area (Å²) < 4.78 is 0. The third kappa shape index (κ3) is 2.11. The third-order valence-electron chi connectivity index (χ3n) is 4.82. The number of fused-ring (bicyclic) bond motifs is 1. The highest BCUT2D eigenvalue weighted by Crippen LogP contribution is 2.43. The number of imide groups is 1. The Bertz CT molecular complexity index is 645. The molecule has 2 atom stereocenters. The molecule has 2 amide bonds. The molecule has 0 unspecified atom stereocenters. The van der Waals surface area contributed by atoms with Gasteiger partial charge in [-0.05, 0) is 51.3 Å². The lowest BCUT2D eigenvalue weighted by Gasteiger charge is -2.23. The van der Waals surface area contributed by atoms with Crippen LogP contribution in [0.25, 0.3) is 0 Å². The van der Waals surface area contributed by atoms with Crippen LogP contribution in [0.2, 0.25) is 5.02 Å². The average Bonchev–Trinajstić information content (AvgIpc) is 2.67. The van der Waals surface area contributed by atoms with Crippen LogP contribution in [-0.4, -0.2) is 11.8 Å². The monoisotopic (exact) mass is 303 g/mol. The number of nitrogens with zero attached hydrogens (tertiary/aromatic N) is 1. The van der Waals surface area contributed by atoms with Crippen molar-refractivity contribution in [3.63, 3.8) is 0 Å². The molecule has 21 heavy (non-hydrogen) atoms. The highest BCUT2D eigenvalue weighted by molar-refractivity contribution is 6.32. The van der Waals surface area contributed by atoms with Gasteiger partial charge in [-0.3, -0.25) is 9.59 Å². The van der Waals surface area contributed by atoms with Gasteiger partial charge in [0.25, 0.3) is 0 Å². The summed E-state index contributed by atoms with van der Waals surface area (Å²) in [5.74, 6) is -0.580. The van der Waals surface area contributed by atoms with Crippen molar-refractivity contribution in [2.24, 2.45) is 11.8 Å². The summed E-state index contributed by atoms with van der Waals surface area (Å²) in [5.41, 5.74) is 3.88. The minimum atomic E-state index is -0.209. The Morgan fingerprint density at radius 3 is 2.05 bits per heavy atom. The number of hydrogen-bond acceptors (Lipinski definition) is 2. The van der Waals surface area contributed by atoms with Gasteiger partial charge in [0.2, 0.25) is 11.8 Å². The van der Waals surface area contributed by atoms with Gasteiger partial charge in [-0.2, -0.15) is 0 Å². The molecule has 1 aliphatic heterocycles. The highest BCUT2D eigenvalue weighted by Gasteiger charge is 2.49. The summed E-state index contributed by atoms with van der Waals surface area (Å²) in [6.07, 6.45) is 1.38. The van der Waals surface area contributed by atoms with Gasteiger partial charge >= 0.3 is 0 Å². The number of anilines is 1. The quantitative estimate of drug-likeness (QED) is 0.583. The lowest BCUT2D eigenvalue weighted by atomic mass is 9.78. The number of halogens is 1. The fraction of sp³-hybridized carbons (Fsp3) is 0.412. The first kappa shape index (κ1) is 14.3. The first-order chi connectivity index (χ1) is 9.91. The van der Waals surface area contributed by atoms with Crippen LogP contribution in [0.5, 0.6) is 0 Å². The summed E-state index contributed by atoms with van der Waals surface area (Å²) in [5, 5.41) is 0.577. The Labute approximate surface area is 129 Å². The second kappa shape index (κ2) is 4.99. The summed E-state index contributed by atoms with van der Waals surface area (Å²) in [6.45, 7) is 5.95. The number of carbonyl (C=O) groups excluding carboxylic acids is 2. The van der Waals surface area contributed by atoms with Crippen molar-refractivity contribution < 1.29 is 9.59 Å². The topological polar surface area (TPSA) is 37.4 Å². The van der Waals surface area contributed by atoms with E-state index in [0.29, 0.717) is 23.6 Å². The first-order valence-electron chi connectivity index (χ1n) is 7.20. The second-order valence-corrected chi connectivity index (χ2v) is 6.48. The lowest BCUT2D eigenvalue weighted by molar-refractivity contribution is -0.122. The largest absolute Gasteiger partial charge is 0.274 e. The van der Waals surface area contributed by atoms with E-state index in [4.69, 9.17) is 11.6 Å². The average molecular weight is 304 g/mol. The molecule has 1 aromatic rings. The van der Waals surface area contributed by atoms with Crippen LogP contribution in [0.4, 0.5) is 5.69 Å². The zero-order valence-corrected chi connectivity index (χ0v) is 13.2. The molecule has 1 saturated heterocycles. The first-order valence-corrected chi connectivity index (χ1v) is 7.57. The standard InChI is InChI=1S/C17H18ClNO2/c1-9-7-12-13(8-10(9)2)17(21)19(16(12)20)15-6-4-5-14(18)11(15)3/h4-6,12-13H,7-8H2,1-3H3/t12-,13+. The molecule has 0 radical (unpaired) electrons. The summed E-state index contributed by atoms with van der Waals surface area (Å²) in [4.78, 5) is 26.8. The van der Waals surface area contributed by atoms with Gasteiger partial charge in [0.15, 0.2) is 0 Å². The van der Waals surface area contributed by atoms with Crippen LogP contribution in [0.1, 0.15) is 32.3 Å². The van der Waals surface area contributed by atoms with E-state index in [1.165, 1.54) is 16.0 Å². The maximum atomic E-state index is 12.7. The Morgan fingerprint density at radius 1 is 1.00 bits per heavy atom. The fourth-order valence-electron chi connectivity index (χ4n) is 3.33. The maximum Gasteiger partial charge on any atom is 0.238 e. The molecular weight excluding hydrogens is 286 g/mol. The van der Waals surface area contributed by atoms with Crippen LogP contribution in [-0.2, 0) is 9.59 Å². The molecule has 1 heterocycles. The van der Waals surface area contributed by atoms with Crippen molar-refractivity contribution in [2.45, 2.75) is 33.6 Å². The van der Waals surface area contributed by atoms with Crippen LogP contribution in [0.15, 0.2) is 29.3 Å². The molecule has 2 aliphatic rings. The number of carbonyl (C=O) groups is 2. The van der Waals surface area contributed by atoms with Gasteiger partial charge in [0.1, 0.15) is 0 Å². The number of amides is 2. The summed E-state index contributed by atoms with van der Waals surface area (Å²) in [6, 6.07) is 5.34. The predicted molar refractivity (Wildman–Crippen MR) is 83.3 cm³/mol. The molecule has 3 nitrogen and oxygen atoms in total. The van der Waals surface area contributed by atoms with E-state index in [2.05, 4.69) is 13.8 Å². The van der Waals surface area contributed by atoms with E-state index >= 15 is 0 Å². The van der Waals surface area contributed by atoms with E-state index < -0.39 is 0 Å². The Kier molecular flexibility index (Phi) is 3.40. The minimum Gasteiger partial charge on any atom is -0.274 e. The van der Waals surface area contributed by atoms with Crippen molar-refractivity contribution >= 4 is 29.1 Å². The molecule has 4 heteroatoms. The molecule has 1 fully saturated rings. The number of allylic oxidation sites excluding steroid dienone is 2. The lowest BCUT2D eigenvalue weighted by Crippen LogP contribution is -2.31. The highest BCUT2D eigenvalue weighted by atomic mass is 35.5. The van der Waals surface area contributed by atoms with Gasteiger partial charge in [-0.15, -0.1) is 0 Å². The fourth-order valence-corrected chi connectivity index (χ4v) is 3.50. The molecule has 1 aromatic carbocycles. The van der Waals surface area contributed by atoms with E-state index in [0.717, 1.165) is 5.56 Å². The Morgan fingerprint density at radius 2 is 1.52 bits per heavy atom. The van der Waals surface area contributed by atoms with Crippen molar-refractivity contribution in [1.82, 2.24) is 0 Å². The molecule has 0 spiro atoms. The maximum absolute atomic E-state index is 12.7. The van der Waals surface area contributed by atoms with Gasteiger partial charge in [-0.1, -0.05) is 28.8 Å². The van der Waals surface area contributed by atoms with E-state index in [-0.39, 0.29) is 23.7 Å². The van der Waals surface area contributed by atoms with E-state index in [1.807, 2.05) is 6.92 Å². The Hall–Kier alpha value is -1.61. The van der Waals surface area contributed by atoms with Gasteiger partial charge < -0.3 is 0 Å². The zero-order chi connectivity index (χ0) is 15.3. The molecule has 3 rings (SSSR count). The normalized spacial score (nSPS) is 25.6. The summed E-state index contributed by atoms with van der Waals surface area (Å²) >= 11 is 6.13. The van der Waals surface area contributed by atoms with Crippen LogP contribution in [0, 0.1) is 18.8 Å². The van der Waals surface area contributed by atoms with Gasteiger partial charge in [-0.25, -0.2) is 4.90 Å². The second-order valence-electron chi connectivity index (χ2n) is 6.08.